The van der Waals surface area contributed by atoms with Gasteiger partial charge in [0.05, 0.1) is 12.2 Å². The molecular weight excluding hydrogens is 242 g/mol. The van der Waals surface area contributed by atoms with Crippen molar-refractivity contribution in [1.29, 1.82) is 0 Å². The first-order valence-corrected chi connectivity index (χ1v) is 6.74. The number of unbranched alkanes of at least 4 members (excludes halogenated alkanes) is 1. The number of nitrogens with one attached hydrogen (secondary N) is 1. The summed E-state index contributed by atoms with van der Waals surface area (Å²) in [6.07, 6.45) is 3.12. The number of ether oxygens (including phenoxy) is 1. The van der Waals surface area contributed by atoms with Crippen molar-refractivity contribution in [3.05, 3.63) is 29.8 Å². The van der Waals surface area contributed by atoms with Crippen LogP contribution in [0.15, 0.2) is 24.3 Å². The first-order chi connectivity index (χ1) is 9.17. The normalized spacial score (nSPS) is 10.0. The van der Waals surface area contributed by atoms with E-state index >= 15 is 0 Å². The van der Waals surface area contributed by atoms with Crippen LogP contribution >= 0.6 is 0 Å². The first kappa shape index (κ1) is 15.2. The number of carbonyl (C=O) groups is 2. The number of carbonyl (C=O) groups excluding carboxylic acids is 2. The summed E-state index contributed by atoms with van der Waals surface area (Å²) in [5.41, 5.74) is 1.09. The monoisotopic (exact) mass is 263 g/mol. The standard InChI is InChI=1S/C15H21NO3/c1-3-5-10-19-15(18)12-8-6-9-13(11-12)16-14(17)7-4-2/h6,8-9,11H,3-5,7,10H2,1-2H3,(H,16,17). The Balaban J connectivity index is 2.60. The lowest BCUT2D eigenvalue weighted by molar-refractivity contribution is -0.116. The van der Waals surface area contributed by atoms with Crippen LogP contribution in [0.1, 0.15) is 49.9 Å². The molecule has 0 aliphatic rings. The molecule has 1 aromatic carbocycles. The highest BCUT2D eigenvalue weighted by molar-refractivity contribution is 5.94. The SMILES string of the molecule is CCCCOC(=O)c1cccc(NC(=O)CCC)c1. The van der Waals surface area contributed by atoms with Crippen molar-refractivity contribution in [3.8, 4) is 0 Å². The molecular formula is C15H21NO3. The van der Waals surface area contributed by atoms with Crippen molar-refractivity contribution in [2.45, 2.75) is 39.5 Å². The van der Waals surface area contributed by atoms with Crippen LogP contribution in [-0.4, -0.2) is 18.5 Å². The Morgan fingerprint density at radius 1 is 1.21 bits per heavy atom. The second kappa shape index (κ2) is 8.29. The summed E-state index contributed by atoms with van der Waals surface area (Å²) in [5, 5.41) is 2.76. The Kier molecular flexibility index (Phi) is 6.64. The fourth-order valence-corrected chi connectivity index (χ4v) is 1.57. The van der Waals surface area contributed by atoms with Crippen LogP contribution in [0.25, 0.3) is 0 Å². The minimum atomic E-state index is -0.347. The van der Waals surface area contributed by atoms with Crippen molar-refractivity contribution in [1.82, 2.24) is 0 Å². The third-order valence-corrected chi connectivity index (χ3v) is 2.59. The summed E-state index contributed by atoms with van der Waals surface area (Å²) in [4.78, 5) is 23.2. The quantitative estimate of drug-likeness (QED) is 0.606. The van der Waals surface area contributed by atoms with Crippen LogP contribution in [-0.2, 0) is 9.53 Å². The lowest BCUT2D eigenvalue weighted by Gasteiger charge is -2.07. The maximum absolute atomic E-state index is 11.7. The summed E-state index contributed by atoms with van der Waals surface area (Å²) in [6.45, 7) is 4.42. The molecule has 1 rings (SSSR count). The van der Waals surface area contributed by atoms with E-state index in [4.69, 9.17) is 4.74 Å². The van der Waals surface area contributed by atoms with Crippen LogP contribution in [0.3, 0.4) is 0 Å². The summed E-state index contributed by atoms with van der Waals surface area (Å²) in [5.74, 6) is -0.390. The molecule has 19 heavy (non-hydrogen) atoms. The average molecular weight is 263 g/mol. The molecule has 0 aliphatic heterocycles. The number of rotatable bonds is 7. The van der Waals surface area contributed by atoms with Crippen molar-refractivity contribution >= 4 is 17.6 Å². The van der Waals surface area contributed by atoms with E-state index in [-0.39, 0.29) is 11.9 Å². The molecule has 1 amide bonds. The molecule has 0 atom stereocenters. The summed E-state index contributed by atoms with van der Waals surface area (Å²) in [7, 11) is 0. The van der Waals surface area contributed by atoms with Gasteiger partial charge in [-0.25, -0.2) is 4.79 Å². The molecule has 0 aliphatic carbocycles. The molecule has 0 saturated heterocycles. The number of amides is 1. The summed E-state index contributed by atoms with van der Waals surface area (Å²) >= 11 is 0. The van der Waals surface area contributed by atoms with Crippen LogP contribution in [0.4, 0.5) is 5.69 Å². The molecule has 104 valence electrons. The highest BCUT2D eigenvalue weighted by atomic mass is 16.5. The van der Waals surface area contributed by atoms with Gasteiger partial charge >= 0.3 is 5.97 Å². The van der Waals surface area contributed by atoms with E-state index in [2.05, 4.69) is 5.32 Å². The number of esters is 1. The van der Waals surface area contributed by atoms with E-state index in [0.29, 0.717) is 24.3 Å². The van der Waals surface area contributed by atoms with Gasteiger partial charge in [0.15, 0.2) is 0 Å². The molecule has 0 aromatic heterocycles. The predicted octanol–water partition coefficient (Wildman–Crippen LogP) is 3.38. The van der Waals surface area contributed by atoms with E-state index in [1.165, 1.54) is 0 Å². The van der Waals surface area contributed by atoms with Crippen LogP contribution < -0.4 is 5.32 Å². The van der Waals surface area contributed by atoms with Gasteiger partial charge in [-0.15, -0.1) is 0 Å². The van der Waals surface area contributed by atoms with Crippen LogP contribution in [0, 0.1) is 0 Å². The minimum Gasteiger partial charge on any atom is -0.462 e. The number of benzene rings is 1. The zero-order valence-electron chi connectivity index (χ0n) is 11.6. The molecule has 1 N–H and O–H groups in total. The molecule has 0 fully saturated rings. The van der Waals surface area contributed by atoms with Gasteiger partial charge in [0, 0.05) is 12.1 Å². The average Bonchev–Trinajstić information content (AvgIpc) is 2.39. The van der Waals surface area contributed by atoms with Crippen LogP contribution in [0.5, 0.6) is 0 Å². The molecule has 0 saturated carbocycles. The predicted molar refractivity (Wildman–Crippen MR) is 75.2 cm³/mol. The van der Waals surface area contributed by atoms with E-state index in [1.54, 1.807) is 24.3 Å². The zero-order chi connectivity index (χ0) is 14.1. The van der Waals surface area contributed by atoms with Crippen molar-refractivity contribution in [3.63, 3.8) is 0 Å². The van der Waals surface area contributed by atoms with Gasteiger partial charge in [-0.1, -0.05) is 26.3 Å². The van der Waals surface area contributed by atoms with Gasteiger partial charge in [-0.05, 0) is 31.0 Å². The molecule has 0 spiro atoms. The fraction of sp³-hybridized carbons (Fsp3) is 0.467. The number of hydrogen-bond donors (Lipinski definition) is 1. The molecule has 0 bridgehead atoms. The van der Waals surface area contributed by atoms with Gasteiger partial charge in [0.1, 0.15) is 0 Å². The van der Waals surface area contributed by atoms with E-state index in [1.807, 2.05) is 13.8 Å². The first-order valence-electron chi connectivity index (χ1n) is 6.74. The van der Waals surface area contributed by atoms with Gasteiger partial charge in [0.2, 0.25) is 5.91 Å². The molecule has 0 heterocycles. The Morgan fingerprint density at radius 3 is 2.68 bits per heavy atom. The van der Waals surface area contributed by atoms with E-state index in [9.17, 15) is 9.59 Å². The molecule has 0 unspecified atom stereocenters. The number of anilines is 1. The highest BCUT2D eigenvalue weighted by Gasteiger charge is 2.08. The minimum absolute atomic E-state index is 0.0426. The molecule has 0 radical (unpaired) electrons. The summed E-state index contributed by atoms with van der Waals surface area (Å²) < 4.78 is 5.12. The van der Waals surface area contributed by atoms with Gasteiger partial charge < -0.3 is 10.1 Å². The molecule has 4 nitrogen and oxygen atoms in total. The Bertz CT molecular complexity index is 429. The second-order valence-corrected chi connectivity index (χ2v) is 4.37. The fourth-order valence-electron chi connectivity index (χ4n) is 1.57. The van der Waals surface area contributed by atoms with Gasteiger partial charge in [0.25, 0.3) is 0 Å². The largest absolute Gasteiger partial charge is 0.462 e. The Hall–Kier alpha value is -1.84. The van der Waals surface area contributed by atoms with E-state index in [0.717, 1.165) is 19.3 Å². The Morgan fingerprint density at radius 2 is 2.00 bits per heavy atom. The lowest BCUT2D eigenvalue weighted by atomic mass is 10.2. The van der Waals surface area contributed by atoms with Crippen molar-refractivity contribution in [2.24, 2.45) is 0 Å². The van der Waals surface area contributed by atoms with Crippen molar-refractivity contribution < 1.29 is 14.3 Å². The smallest absolute Gasteiger partial charge is 0.338 e. The Labute approximate surface area is 114 Å². The summed E-state index contributed by atoms with van der Waals surface area (Å²) in [6, 6.07) is 6.82. The maximum Gasteiger partial charge on any atom is 0.338 e. The number of hydrogen-bond acceptors (Lipinski definition) is 3. The lowest BCUT2D eigenvalue weighted by Crippen LogP contribution is -2.12. The van der Waals surface area contributed by atoms with E-state index < -0.39 is 0 Å². The maximum atomic E-state index is 11.7. The van der Waals surface area contributed by atoms with Crippen molar-refractivity contribution in [2.75, 3.05) is 11.9 Å². The second-order valence-electron chi connectivity index (χ2n) is 4.37. The topological polar surface area (TPSA) is 55.4 Å². The van der Waals surface area contributed by atoms with Gasteiger partial charge in [-0.2, -0.15) is 0 Å². The molecule has 1 aromatic rings. The molecule has 4 heteroatoms. The van der Waals surface area contributed by atoms with Gasteiger partial charge in [-0.3, -0.25) is 4.79 Å². The third kappa shape index (κ3) is 5.55. The zero-order valence-corrected chi connectivity index (χ0v) is 11.6. The third-order valence-electron chi connectivity index (χ3n) is 2.59. The highest BCUT2D eigenvalue weighted by Crippen LogP contribution is 2.12. The van der Waals surface area contributed by atoms with Crippen LogP contribution in [0.2, 0.25) is 0 Å².